The molecular weight excluding hydrogens is 359 g/mol. The van der Waals surface area contributed by atoms with Crippen molar-refractivity contribution in [3.8, 4) is 0 Å². The van der Waals surface area contributed by atoms with Crippen molar-refractivity contribution < 1.29 is 14.0 Å². The van der Waals surface area contributed by atoms with Crippen LogP contribution in [0.25, 0.3) is 0 Å². The average molecular weight is 384 g/mol. The maximum atomic E-state index is 14.0. The molecule has 6 nitrogen and oxygen atoms in total. The number of nitrogens with one attached hydrogen (secondary N) is 1. The summed E-state index contributed by atoms with van der Waals surface area (Å²) in [5.74, 6) is -0.724. The van der Waals surface area contributed by atoms with Crippen LogP contribution in [0.3, 0.4) is 0 Å². The van der Waals surface area contributed by atoms with E-state index in [4.69, 9.17) is 0 Å². The normalized spacial score (nSPS) is 14.7. The van der Waals surface area contributed by atoms with Crippen LogP contribution in [-0.2, 0) is 0 Å². The Labute approximate surface area is 164 Å². The Kier molecular flexibility index (Phi) is 5.63. The fourth-order valence-electron chi connectivity index (χ4n) is 3.13. The molecule has 0 radical (unpaired) electrons. The molecule has 1 aromatic carbocycles. The van der Waals surface area contributed by atoms with Crippen molar-refractivity contribution in [2.24, 2.45) is 0 Å². The standard InChI is InChI=1S/C21H25FN4O2/c1-21(2,3)24-19(27)17-14-15(8-9-23-17)20(28)26-12-10-25(11-13-26)18-7-5-4-6-16(18)22/h4-9,14H,10-13H2,1-3H3,(H,24,27). The lowest BCUT2D eigenvalue weighted by molar-refractivity contribution is 0.0746. The van der Waals surface area contributed by atoms with E-state index in [1.54, 1.807) is 29.2 Å². The average Bonchev–Trinajstić information content (AvgIpc) is 2.67. The highest BCUT2D eigenvalue weighted by atomic mass is 19.1. The minimum atomic E-state index is -0.387. The first-order valence-electron chi connectivity index (χ1n) is 9.32. The van der Waals surface area contributed by atoms with E-state index in [-0.39, 0.29) is 28.9 Å². The number of para-hydroxylation sites is 1. The Morgan fingerprint density at radius 2 is 1.75 bits per heavy atom. The van der Waals surface area contributed by atoms with Crippen LogP contribution in [-0.4, -0.2) is 53.4 Å². The van der Waals surface area contributed by atoms with E-state index in [1.165, 1.54) is 18.3 Å². The van der Waals surface area contributed by atoms with Gasteiger partial charge in [0.05, 0.1) is 5.69 Å². The maximum absolute atomic E-state index is 14.0. The van der Waals surface area contributed by atoms with Crippen LogP contribution in [0.4, 0.5) is 10.1 Å². The summed E-state index contributed by atoms with van der Waals surface area (Å²) in [6.45, 7) is 7.72. The molecule has 1 aliphatic heterocycles. The second-order valence-electron chi connectivity index (χ2n) is 7.86. The van der Waals surface area contributed by atoms with Crippen LogP contribution in [0, 0.1) is 5.82 Å². The lowest BCUT2D eigenvalue weighted by atomic mass is 10.1. The predicted molar refractivity (Wildman–Crippen MR) is 106 cm³/mol. The molecule has 0 unspecified atom stereocenters. The van der Waals surface area contributed by atoms with Gasteiger partial charge in [0.15, 0.2) is 0 Å². The minimum Gasteiger partial charge on any atom is -0.366 e. The molecule has 0 aliphatic carbocycles. The monoisotopic (exact) mass is 384 g/mol. The smallest absolute Gasteiger partial charge is 0.270 e. The van der Waals surface area contributed by atoms with E-state index < -0.39 is 0 Å². The molecule has 3 rings (SSSR count). The molecule has 1 N–H and O–H groups in total. The first-order valence-corrected chi connectivity index (χ1v) is 9.32. The third-order valence-electron chi connectivity index (χ3n) is 4.49. The third-order valence-corrected chi connectivity index (χ3v) is 4.49. The van der Waals surface area contributed by atoms with Crippen molar-refractivity contribution in [2.75, 3.05) is 31.1 Å². The van der Waals surface area contributed by atoms with Crippen LogP contribution in [0.1, 0.15) is 41.6 Å². The van der Waals surface area contributed by atoms with Gasteiger partial charge < -0.3 is 15.1 Å². The largest absolute Gasteiger partial charge is 0.366 e. The van der Waals surface area contributed by atoms with Gasteiger partial charge in [0.2, 0.25) is 0 Å². The molecule has 148 valence electrons. The number of benzene rings is 1. The molecule has 1 saturated heterocycles. The molecule has 28 heavy (non-hydrogen) atoms. The zero-order chi connectivity index (χ0) is 20.3. The van der Waals surface area contributed by atoms with Crippen LogP contribution in [0.5, 0.6) is 0 Å². The Morgan fingerprint density at radius 1 is 1.07 bits per heavy atom. The fourth-order valence-corrected chi connectivity index (χ4v) is 3.13. The molecule has 7 heteroatoms. The number of piperazine rings is 1. The number of aromatic nitrogens is 1. The molecule has 1 aliphatic rings. The highest BCUT2D eigenvalue weighted by molar-refractivity contribution is 5.98. The van der Waals surface area contributed by atoms with E-state index in [2.05, 4.69) is 10.3 Å². The summed E-state index contributed by atoms with van der Waals surface area (Å²) in [7, 11) is 0. The van der Waals surface area contributed by atoms with Crippen LogP contribution >= 0.6 is 0 Å². The van der Waals surface area contributed by atoms with Crippen molar-refractivity contribution in [2.45, 2.75) is 26.3 Å². The molecule has 2 aromatic rings. The lowest BCUT2D eigenvalue weighted by Gasteiger charge is -2.36. The number of hydrogen-bond acceptors (Lipinski definition) is 4. The molecule has 0 bridgehead atoms. The predicted octanol–water partition coefficient (Wildman–Crippen LogP) is 2.71. The first-order chi connectivity index (χ1) is 13.2. The van der Waals surface area contributed by atoms with Crippen molar-refractivity contribution in [1.29, 1.82) is 0 Å². The molecule has 0 spiro atoms. The molecule has 1 fully saturated rings. The number of carbonyl (C=O) groups is 2. The Hall–Kier alpha value is -2.96. The number of carbonyl (C=O) groups excluding carboxylic acids is 2. The van der Waals surface area contributed by atoms with Crippen molar-refractivity contribution >= 4 is 17.5 Å². The molecule has 1 aromatic heterocycles. The first kappa shape index (κ1) is 19.8. The third kappa shape index (κ3) is 4.65. The van der Waals surface area contributed by atoms with Gasteiger partial charge >= 0.3 is 0 Å². The molecule has 2 amide bonds. The van der Waals surface area contributed by atoms with Crippen LogP contribution < -0.4 is 10.2 Å². The van der Waals surface area contributed by atoms with Gasteiger partial charge in [-0.1, -0.05) is 12.1 Å². The summed E-state index contributed by atoms with van der Waals surface area (Å²) in [6.07, 6.45) is 1.47. The number of anilines is 1. The fraction of sp³-hybridized carbons (Fsp3) is 0.381. The summed E-state index contributed by atoms with van der Waals surface area (Å²) < 4.78 is 14.0. The Morgan fingerprint density at radius 3 is 2.39 bits per heavy atom. The highest BCUT2D eigenvalue weighted by Crippen LogP contribution is 2.21. The van der Waals surface area contributed by atoms with Crippen molar-refractivity contribution in [1.82, 2.24) is 15.2 Å². The second kappa shape index (κ2) is 7.96. The van der Waals surface area contributed by atoms with Gasteiger partial charge in [-0.05, 0) is 45.0 Å². The van der Waals surface area contributed by atoms with Crippen LogP contribution in [0.15, 0.2) is 42.6 Å². The van der Waals surface area contributed by atoms with Gasteiger partial charge in [-0.3, -0.25) is 14.6 Å². The van der Waals surface area contributed by atoms with Crippen molar-refractivity contribution in [3.05, 3.63) is 59.7 Å². The topological polar surface area (TPSA) is 65.5 Å². The van der Waals surface area contributed by atoms with Crippen LogP contribution in [0.2, 0.25) is 0 Å². The Balaban J connectivity index is 1.66. The number of amides is 2. The van der Waals surface area contributed by atoms with E-state index >= 15 is 0 Å². The second-order valence-corrected chi connectivity index (χ2v) is 7.86. The summed E-state index contributed by atoms with van der Waals surface area (Å²) in [6, 6.07) is 9.78. The summed E-state index contributed by atoms with van der Waals surface area (Å²) in [5.41, 5.74) is 0.806. The van der Waals surface area contributed by atoms with E-state index in [0.29, 0.717) is 37.4 Å². The molecule has 0 atom stereocenters. The van der Waals surface area contributed by atoms with Gasteiger partial charge in [-0.2, -0.15) is 0 Å². The number of halogens is 1. The Bertz CT molecular complexity index is 871. The minimum absolute atomic E-state index is 0.152. The maximum Gasteiger partial charge on any atom is 0.270 e. The van der Waals surface area contributed by atoms with Crippen molar-refractivity contribution in [3.63, 3.8) is 0 Å². The summed E-state index contributed by atoms with van der Waals surface area (Å²) in [5, 5.41) is 2.84. The zero-order valence-corrected chi connectivity index (χ0v) is 16.4. The van der Waals surface area contributed by atoms with Gasteiger partial charge in [-0.15, -0.1) is 0 Å². The van der Waals surface area contributed by atoms with E-state index in [9.17, 15) is 14.0 Å². The number of hydrogen-bond donors (Lipinski definition) is 1. The highest BCUT2D eigenvalue weighted by Gasteiger charge is 2.24. The van der Waals surface area contributed by atoms with Gasteiger partial charge in [-0.25, -0.2) is 4.39 Å². The van der Waals surface area contributed by atoms with E-state index in [1.807, 2.05) is 25.7 Å². The zero-order valence-electron chi connectivity index (χ0n) is 16.4. The number of rotatable bonds is 3. The van der Waals surface area contributed by atoms with Gasteiger partial charge in [0.1, 0.15) is 11.5 Å². The van der Waals surface area contributed by atoms with Gasteiger partial charge in [0.25, 0.3) is 11.8 Å². The summed E-state index contributed by atoms with van der Waals surface area (Å²) >= 11 is 0. The summed E-state index contributed by atoms with van der Waals surface area (Å²) in [4.78, 5) is 32.9. The lowest BCUT2D eigenvalue weighted by Crippen LogP contribution is -2.49. The quantitative estimate of drug-likeness (QED) is 0.884. The van der Waals surface area contributed by atoms with Gasteiger partial charge in [0, 0.05) is 43.5 Å². The molecule has 0 saturated carbocycles. The molecule has 2 heterocycles. The number of pyridine rings is 1. The SMILES string of the molecule is CC(C)(C)NC(=O)c1cc(C(=O)N2CCN(c3ccccc3F)CC2)ccn1. The number of nitrogens with zero attached hydrogens (tertiary/aromatic N) is 3. The molecular formula is C21H25FN4O2. The van der Waals surface area contributed by atoms with E-state index in [0.717, 1.165) is 0 Å².